The van der Waals surface area contributed by atoms with E-state index in [-0.39, 0.29) is 20.8 Å². The molecule has 130 valence electrons. The molecule has 0 aliphatic heterocycles. The average Bonchev–Trinajstić information content (AvgIpc) is 2.44. The summed E-state index contributed by atoms with van der Waals surface area (Å²) in [4.78, 5) is 10.8. The van der Waals surface area contributed by atoms with Gasteiger partial charge < -0.3 is 5.73 Å². The molecule has 0 atom stereocenters. The Morgan fingerprint density at radius 1 is 1.29 bits per heavy atom. The summed E-state index contributed by atoms with van der Waals surface area (Å²) in [7, 11) is 0. The van der Waals surface area contributed by atoms with Gasteiger partial charge in [0.25, 0.3) is 0 Å². The molecule has 2 aromatic rings. The van der Waals surface area contributed by atoms with Gasteiger partial charge >= 0.3 is 88.1 Å². The number of carbonyl (C=O) groups excluding carboxylic acids is 1. The molecule has 6 N–H and O–H groups in total. The number of anilines is 2. The van der Waals surface area contributed by atoms with Gasteiger partial charge in [0, 0.05) is 5.69 Å². The summed E-state index contributed by atoms with van der Waals surface area (Å²) in [6, 6.07) is 7.86. The molecule has 1 amide bonds. The first kappa shape index (κ1) is 20.1. The number of hydrogen-bond acceptors (Lipinski definition) is 4. The fourth-order valence-electron chi connectivity index (χ4n) is 1.59. The topological polar surface area (TPSA) is 133 Å². The molecule has 0 fully saturated rings. The molecule has 0 aromatic heterocycles. The number of amides is 1. The summed E-state index contributed by atoms with van der Waals surface area (Å²) in [5.41, 5.74) is 5.39. The van der Waals surface area contributed by atoms with Crippen LogP contribution in [0.2, 0.25) is 5.02 Å². The molecule has 0 bridgehead atoms. The summed E-state index contributed by atoms with van der Waals surface area (Å²) >= 11 is 0.208. The number of hydrogen-bond donors (Lipinski definition) is 5. The van der Waals surface area contributed by atoms with E-state index in [0.717, 1.165) is 0 Å². The number of nitrogen functional groups attached to an aromatic ring is 1. The monoisotopic (exact) mass is 420 g/mol. The predicted octanol–water partition coefficient (Wildman–Crippen LogP) is 0.973. The second kappa shape index (κ2) is 8.21. The number of carbonyl (C=O) groups is 1. The second-order valence-corrected chi connectivity index (χ2v) is 8.27. The Bertz CT molecular complexity index is 797. The normalized spacial score (nSPS) is 10.5. The molecule has 10 heteroatoms. The van der Waals surface area contributed by atoms with Crippen LogP contribution >= 0.6 is 11.6 Å². The standard InChI is InChI=1S/C8H10AsNO5.C6H5ClFN/c1-5(11)10-8-6(9(13,14)15)3-2-4-7(8)12;7-5-2-1-4(9)3-6(5)8/h2-4,12H,1H3,(H,10,11)(H2,13,14,15);1-3H,9H2. The molecule has 0 unspecified atom stereocenters. The molecule has 0 saturated carbocycles. The number of rotatable bonds is 2. The van der Waals surface area contributed by atoms with E-state index >= 15 is 0 Å². The molecule has 0 radical (unpaired) electrons. The van der Waals surface area contributed by atoms with Gasteiger partial charge in [0.1, 0.15) is 5.82 Å². The Labute approximate surface area is 144 Å². The number of halogens is 2. The molecule has 2 rings (SSSR count). The van der Waals surface area contributed by atoms with Crippen LogP contribution in [0.15, 0.2) is 36.4 Å². The molecular weight excluding hydrogens is 406 g/mol. The van der Waals surface area contributed by atoms with Crippen molar-refractivity contribution in [1.82, 2.24) is 0 Å². The van der Waals surface area contributed by atoms with Gasteiger partial charge in [-0.1, -0.05) is 11.6 Å². The van der Waals surface area contributed by atoms with Gasteiger partial charge in [-0.15, -0.1) is 0 Å². The number of para-hydroxylation sites is 1. The van der Waals surface area contributed by atoms with Crippen LogP contribution in [0, 0.1) is 5.82 Å². The molecule has 0 aliphatic rings. The number of nitrogens with one attached hydrogen (secondary N) is 1. The van der Waals surface area contributed by atoms with Crippen molar-refractivity contribution in [3.05, 3.63) is 47.2 Å². The molecule has 0 aliphatic carbocycles. The first-order valence-corrected chi connectivity index (χ1v) is 10.1. The number of aromatic hydroxyl groups is 1. The summed E-state index contributed by atoms with van der Waals surface area (Å²) in [5, 5.41) is 11.6. The third-order valence-electron chi connectivity index (χ3n) is 2.58. The fraction of sp³-hybridized carbons (Fsp3) is 0.0714. The molecular formula is C14H15AsClFN2O5. The summed E-state index contributed by atoms with van der Waals surface area (Å²) in [6.07, 6.45) is 0. The number of benzene rings is 2. The van der Waals surface area contributed by atoms with E-state index < -0.39 is 25.9 Å². The zero-order chi connectivity index (χ0) is 18.5. The van der Waals surface area contributed by atoms with Crippen molar-refractivity contribution in [3.63, 3.8) is 0 Å². The van der Waals surface area contributed by atoms with Crippen LogP contribution in [0.25, 0.3) is 0 Å². The number of nitrogens with two attached hydrogens (primary N) is 1. The average molecular weight is 421 g/mol. The second-order valence-electron chi connectivity index (χ2n) is 4.57. The maximum absolute atomic E-state index is 12.4. The number of phenolic OH excluding ortho intramolecular Hbond substituents is 1. The van der Waals surface area contributed by atoms with Crippen LogP contribution in [-0.2, 0) is 8.53 Å². The molecule has 2 aromatic carbocycles. The van der Waals surface area contributed by atoms with Crippen molar-refractivity contribution in [2.24, 2.45) is 0 Å². The van der Waals surface area contributed by atoms with Gasteiger partial charge in [-0.3, -0.25) is 0 Å². The van der Waals surface area contributed by atoms with E-state index in [2.05, 4.69) is 5.32 Å². The first-order chi connectivity index (χ1) is 11.0. The van der Waals surface area contributed by atoms with Crippen LogP contribution in [0.4, 0.5) is 15.8 Å². The van der Waals surface area contributed by atoms with Crippen molar-refractivity contribution < 1.29 is 26.2 Å². The Morgan fingerprint density at radius 2 is 1.92 bits per heavy atom. The van der Waals surface area contributed by atoms with E-state index in [0.29, 0.717) is 5.69 Å². The van der Waals surface area contributed by atoms with Gasteiger partial charge in [0.05, 0.1) is 5.02 Å². The molecule has 24 heavy (non-hydrogen) atoms. The Morgan fingerprint density at radius 3 is 2.38 bits per heavy atom. The Hall–Kier alpha value is -1.99. The minimum absolute atomic E-state index is 0.101. The van der Waals surface area contributed by atoms with Crippen LogP contribution < -0.4 is 15.4 Å². The molecule has 0 saturated heterocycles. The summed E-state index contributed by atoms with van der Waals surface area (Å²) in [5.74, 6) is -1.36. The molecule has 0 spiro atoms. The van der Waals surface area contributed by atoms with Crippen LogP contribution in [0.1, 0.15) is 6.92 Å². The zero-order valence-corrected chi connectivity index (χ0v) is 15.0. The van der Waals surface area contributed by atoms with Gasteiger partial charge in [-0.05, 0) is 18.2 Å². The van der Waals surface area contributed by atoms with Crippen LogP contribution in [0.3, 0.4) is 0 Å². The van der Waals surface area contributed by atoms with Gasteiger partial charge in [-0.2, -0.15) is 0 Å². The Balaban J connectivity index is 0.000000272. The van der Waals surface area contributed by atoms with Gasteiger partial charge in [0.15, 0.2) is 0 Å². The maximum atomic E-state index is 12.4. The number of phenols is 1. The van der Waals surface area contributed by atoms with Crippen molar-refractivity contribution in [3.8, 4) is 5.75 Å². The van der Waals surface area contributed by atoms with E-state index in [9.17, 15) is 18.0 Å². The van der Waals surface area contributed by atoms with Crippen molar-refractivity contribution in [1.29, 1.82) is 0 Å². The van der Waals surface area contributed by atoms with Gasteiger partial charge in [-0.25, -0.2) is 4.39 Å². The molecule has 0 heterocycles. The third-order valence-corrected chi connectivity index (χ3v) is 4.98. The zero-order valence-electron chi connectivity index (χ0n) is 12.4. The van der Waals surface area contributed by atoms with Crippen molar-refractivity contribution >= 4 is 47.4 Å². The minimum Gasteiger partial charge on any atom is -0.399 e. The SMILES string of the molecule is CC(=O)Nc1c(O)cccc1[As](=O)(O)O.Nc1ccc(Cl)c(F)c1. The fourth-order valence-corrected chi connectivity index (χ4v) is 3.26. The minimum atomic E-state index is -5.14. The first-order valence-electron chi connectivity index (χ1n) is 6.38. The smallest absolute Gasteiger partial charge is 0.143 e. The largest absolute Gasteiger partial charge is 0.399 e. The summed E-state index contributed by atoms with van der Waals surface area (Å²) in [6.45, 7) is 1.18. The summed E-state index contributed by atoms with van der Waals surface area (Å²) < 4.78 is 41.1. The van der Waals surface area contributed by atoms with Gasteiger partial charge in [0.2, 0.25) is 0 Å². The van der Waals surface area contributed by atoms with E-state index in [4.69, 9.17) is 25.5 Å². The predicted molar refractivity (Wildman–Crippen MR) is 88.7 cm³/mol. The third kappa shape index (κ3) is 5.90. The van der Waals surface area contributed by atoms with E-state index in [1.54, 1.807) is 6.07 Å². The van der Waals surface area contributed by atoms with Crippen LogP contribution in [-0.4, -0.2) is 33.4 Å². The van der Waals surface area contributed by atoms with E-state index in [1.165, 1.54) is 37.3 Å². The van der Waals surface area contributed by atoms with Crippen molar-refractivity contribution in [2.75, 3.05) is 11.1 Å². The van der Waals surface area contributed by atoms with Crippen molar-refractivity contribution in [2.45, 2.75) is 6.92 Å². The molecule has 7 nitrogen and oxygen atoms in total. The quantitative estimate of drug-likeness (QED) is 0.279. The Kier molecular flexibility index (Phi) is 6.86. The maximum Gasteiger partial charge on any atom is 0.143 e. The van der Waals surface area contributed by atoms with Crippen LogP contribution in [0.5, 0.6) is 5.75 Å². The van der Waals surface area contributed by atoms with E-state index in [1.807, 2.05) is 0 Å².